The Bertz CT molecular complexity index is 467. The molecule has 0 spiro atoms. The average molecular weight is 297 g/mol. The fourth-order valence-electron chi connectivity index (χ4n) is 2.61. The molecule has 1 aromatic rings. The first-order valence-electron chi connectivity index (χ1n) is 6.89. The molecule has 1 saturated heterocycles. The molecule has 1 aliphatic heterocycles. The Kier molecular flexibility index (Phi) is 4.82. The van der Waals surface area contributed by atoms with Gasteiger partial charge in [0.2, 0.25) is 0 Å². The summed E-state index contributed by atoms with van der Waals surface area (Å²) in [5.41, 5.74) is 6.32. The highest BCUT2D eigenvalue weighted by atomic mass is 32.1. The van der Waals surface area contributed by atoms with Gasteiger partial charge in [-0.2, -0.15) is 4.37 Å². The molecule has 0 saturated carbocycles. The van der Waals surface area contributed by atoms with Crippen molar-refractivity contribution in [2.75, 3.05) is 51.4 Å². The molecule has 1 amide bonds. The zero-order valence-corrected chi connectivity index (χ0v) is 13.2. The summed E-state index contributed by atoms with van der Waals surface area (Å²) in [5.74, 6) is 0.818. The van der Waals surface area contributed by atoms with E-state index in [4.69, 9.17) is 5.73 Å². The van der Waals surface area contributed by atoms with Crippen molar-refractivity contribution in [1.29, 1.82) is 0 Å². The van der Waals surface area contributed by atoms with Crippen LogP contribution in [0.2, 0.25) is 0 Å². The van der Waals surface area contributed by atoms with Gasteiger partial charge in [-0.1, -0.05) is 0 Å². The number of nitrogen functional groups attached to an aromatic ring is 1. The fourth-order valence-corrected chi connectivity index (χ4v) is 3.39. The van der Waals surface area contributed by atoms with E-state index in [2.05, 4.69) is 26.5 Å². The fraction of sp³-hybridized carbons (Fsp3) is 0.692. The molecule has 3 N–H and O–H groups in total. The van der Waals surface area contributed by atoms with Gasteiger partial charge < -0.3 is 20.9 Å². The van der Waals surface area contributed by atoms with Crippen LogP contribution in [0.4, 0.5) is 10.8 Å². The van der Waals surface area contributed by atoms with E-state index in [1.807, 2.05) is 7.05 Å². The minimum absolute atomic E-state index is 0.165. The first-order valence-corrected chi connectivity index (χ1v) is 7.67. The third kappa shape index (κ3) is 3.21. The van der Waals surface area contributed by atoms with Gasteiger partial charge in [-0.15, -0.1) is 0 Å². The molecule has 1 fully saturated rings. The van der Waals surface area contributed by atoms with Gasteiger partial charge >= 0.3 is 0 Å². The van der Waals surface area contributed by atoms with E-state index in [9.17, 15) is 4.79 Å². The van der Waals surface area contributed by atoms with Crippen LogP contribution in [0.25, 0.3) is 0 Å². The van der Waals surface area contributed by atoms with Gasteiger partial charge in [-0.05, 0) is 50.4 Å². The first kappa shape index (κ1) is 15.1. The minimum Gasteiger partial charge on any atom is -0.382 e. The van der Waals surface area contributed by atoms with Gasteiger partial charge in [0, 0.05) is 20.6 Å². The van der Waals surface area contributed by atoms with Gasteiger partial charge in [0.15, 0.2) is 5.82 Å². The number of anilines is 2. The number of piperidine rings is 1. The molecule has 112 valence electrons. The van der Waals surface area contributed by atoms with E-state index >= 15 is 0 Å². The molecule has 0 radical (unpaired) electrons. The lowest BCUT2D eigenvalue weighted by molar-refractivity contribution is 0.0964. The van der Waals surface area contributed by atoms with E-state index in [0.717, 1.165) is 24.6 Å². The summed E-state index contributed by atoms with van der Waals surface area (Å²) in [7, 11) is 5.78. The molecule has 0 atom stereocenters. The van der Waals surface area contributed by atoms with E-state index in [0.29, 0.717) is 17.3 Å². The lowest BCUT2D eigenvalue weighted by Crippen LogP contribution is -2.36. The van der Waals surface area contributed by atoms with Crippen LogP contribution in [-0.4, -0.2) is 56.0 Å². The molecule has 0 bridgehead atoms. The van der Waals surface area contributed by atoms with Gasteiger partial charge in [-0.25, -0.2) is 0 Å². The van der Waals surface area contributed by atoms with Crippen LogP contribution >= 0.6 is 11.5 Å². The number of nitrogens with two attached hydrogens (primary N) is 1. The molecule has 20 heavy (non-hydrogen) atoms. The summed E-state index contributed by atoms with van der Waals surface area (Å²) in [6.45, 7) is 3.23. The van der Waals surface area contributed by atoms with Crippen molar-refractivity contribution < 1.29 is 4.79 Å². The SMILES string of the molecule is CNC(=O)c1c(N)nsc1N(C)CC1CCN(C)CC1. The van der Waals surface area contributed by atoms with Crippen molar-refractivity contribution in [3.8, 4) is 0 Å². The van der Waals surface area contributed by atoms with Crippen molar-refractivity contribution in [2.24, 2.45) is 5.92 Å². The molecular formula is C13H23N5OS. The van der Waals surface area contributed by atoms with Gasteiger partial charge in [0.1, 0.15) is 10.6 Å². The van der Waals surface area contributed by atoms with Gasteiger partial charge in [0.05, 0.1) is 0 Å². The largest absolute Gasteiger partial charge is 0.382 e. The van der Waals surface area contributed by atoms with E-state index in [1.165, 1.54) is 24.4 Å². The summed E-state index contributed by atoms with van der Waals surface area (Å²) < 4.78 is 4.12. The van der Waals surface area contributed by atoms with Crippen LogP contribution in [0.1, 0.15) is 23.2 Å². The lowest BCUT2D eigenvalue weighted by Gasteiger charge is -2.32. The molecule has 2 heterocycles. The Labute approximate surface area is 124 Å². The average Bonchev–Trinajstić information content (AvgIpc) is 2.82. The number of amides is 1. The van der Waals surface area contributed by atoms with Crippen LogP contribution in [0.3, 0.4) is 0 Å². The van der Waals surface area contributed by atoms with Crippen molar-refractivity contribution in [1.82, 2.24) is 14.6 Å². The highest BCUT2D eigenvalue weighted by Crippen LogP contribution is 2.31. The van der Waals surface area contributed by atoms with Gasteiger partial charge in [0.25, 0.3) is 5.91 Å². The quantitative estimate of drug-likeness (QED) is 0.862. The second-order valence-corrected chi connectivity index (χ2v) is 6.21. The lowest BCUT2D eigenvalue weighted by atomic mass is 9.97. The smallest absolute Gasteiger partial charge is 0.257 e. The van der Waals surface area contributed by atoms with Crippen molar-refractivity contribution in [2.45, 2.75) is 12.8 Å². The number of nitrogens with zero attached hydrogens (tertiary/aromatic N) is 3. The minimum atomic E-state index is -0.165. The number of likely N-dealkylation sites (tertiary alicyclic amines) is 1. The summed E-state index contributed by atoms with van der Waals surface area (Å²) >= 11 is 1.30. The molecule has 6 nitrogen and oxygen atoms in total. The van der Waals surface area contributed by atoms with Crippen LogP contribution in [0.15, 0.2) is 0 Å². The second kappa shape index (κ2) is 6.41. The molecule has 1 aromatic heterocycles. The molecule has 1 aliphatic rings. The first-order chi connectivity index (χ1) is 9.52. The van der Waals surface area contributed by atoms with E-state index in [1.54, 1.807) is 7.05 Å². The summed E-state index contributed by atoms with van der Waals surface area (Å²) in [4.78, 5) is 16.4. The van der Waals surface area contributed by atoms with E-state index < -0.39 is 0 Å². The predicted molar refractivity (Wildman–Crippen MR) is 83.4 cm³/mol. The van der Waals surface area contributed by atoms with E-state index in [-0.39, 0.29) is 5.91 Å². The maximum Gasteiger partial charge on any atom is 0.257 e. The predicted octanol–water partition coefficient (Wildman–Crippen LogP) is 0.863. The van der Waals surface area contributed by atoms with Crippen LogP contribution in [0.5, 0.6) is 0 Å². The third-order valence-corrected chi connectivity index (χ3v) is 4.85. The Hall–Kier alpha value is -1.34. The number of carbonyl (C=O) groups is 1. The van der Waals surface area contributed by atoms with Crippen molar-refractivity contribution >= 4 is 28.3 Å². The maximum absolute atomic E-state index is 11.9. The van der Waals surface area contributed by atoms with Crippen LogP contribution in [-0.2, 0) is 0 Å². The highest BCUT2D eigenvalue weighted by molar-refractivity contribution is 7.11. The molecular weight excluding hydrogens is 274 g/mol. The Morgan fingerprint density at radius 2 is 2.20 bits per heavy atom. The van der Waals surface area contributed by atoms with Crippen LogP contribution in [0, 0.1) is 5.92 Å². The molecule has 7 heteroatoms. The zero-order valence-electron chi connectivity index (χ0n) is 12.3. The summed E-state index contributed by atoms with van der Waals surface area (Å²) in [5, 5.41) is 3.49. The summed E-state index contributed by atoms with van der Waals surface area (Å²) in [6.07, 6.45) is 2.40. The van der Waals surface area contributed by atoms with Crippen molar-refractivity contribution in [3.05, 3.63) is 5.56 Å². The number of carbonyl (C=O) groups excluding carboxylic acids is 1. The standard InChI is InChI=1S/C13H23N5OS/c1-15-12(19)10-11(14)16-20-13(10)18(3)8-9-4-6-17(2)7-5-9/h9H,4-8H2,1-3H3,(H2,14,16)(H,15,19). The number of hydrogen-bond donors (Lipinski definition) is 2. The molecule has 0 unspecified atom stereocenters. The number of aromatic nitrogens is 1. The van der Waals surface area contributed by atoms with Crippen LogP contribution < -0.4 is 16.0 Å². The Balaban J connectivity index is 2.06. The molecule has 0 aliphatic carbocycles. The monoisotopic (exact) mass is 297 g/mol. The third-order valence-electron chi connectivity index (χ3n) is 3.87. The Morgan fingerprint density at radius 3 is 2.80 bits per heavy atom. The number of nitrogens with one attached hydrogen (secondary N) is 1. The highest BCUT2D eigenvalue weighted by Gasteiger charge is 2.24. The van der Waals surface area contributed by atoms with Gasteiger partial charge in [-0.3, -0.25) is 4.79 Å². The second-order valence-electron chi connectivity index (χ2n) is 5.45. The normalized spacial score (nSPS) is 17.1. The number of rotatable bonds is 4. The maximum atomic E-state index is 11.9. The topological polar surface area (TPSA) is 74.5 Å². The summed E-state index contributed by atoms with van der Waals surface area (Å²) in [6, 6.07) is 0. The molecule has 2 rings (SSSR count). The Morgan fingerprint density at radius 1 is 1.55 bits per heavy atom. The molecule has 0 aromatic carbocycles. The van der Waals surface area contributed by atoms with Crippen molar-refractivity contribution in [3.63, 3.8) is 0 Å². The zero-order chi connectivity index (χ0) is 14.7. The number of hydrogen-bond acceptors (Lipinski definition) is 6.